The van der Waals surface area contributed by atoms with Crippen LogP contribution in [-0.2, 0) is 0 Å². The third-order valence-corrected chi connectivity index (χ3v) is 3.29. The van der Waals surface area contributed by atoms with E-state index in [0.717, 1.165) is 11.3 Å². The van der Waals surface area contributed by atoms with Crippen LogP contribution in [0.3, 0.4) is 0 Å². The lowest BCUT2D eigenvalue weighted by molar-refractivity contribution is 0.549. The van der Waals surface area contributed by atoms with Gasteiger partial charge in [-0.05, 0) is 29.8 Å². The summed E-state index contributed by atoms with van der Waals surface area (Å²) in [5, 5.41) is 1.59. The van der Waals surface area contributed by atoms with Crippen molar-refractivity contribution >= 4 is 18.1 Å². The SMILES string of the molecule is Cl.NN(c1ccc(F)cc1)C(c1ccccc1)n1ccnc1. The first-order chi connectivity index (χ1) is 10.3. The van der Waals surface area contributed by atoms with Crippen LogP contribution in [0.25, 0.3) is 0 Å². The Balaban J connectivity index is 0.00000176. The van der Waals surface area contributed by atoms with Crippen LogP contribution in [0.5, 0.6) is 0 Å². The number of hydrogen-bond acceptors (Lipinski definition) is 3. The Morgan fingerprint density at radius 1 is 1.05 bits per heavy atom. The molecule has 22 heavy (non-hydrogen) atoms. The van der Waals surface area contributed by atoms with Crippen molar-refractivity contribution in [3.8, 4) is 0 Å². The number of aromatic nitrogens is 2. The molecule has 0 saturated carbocycles. The van der Waals surface area contributed by atoms with Crippen LogP contribution in [0, 0.1) is 5.82 Å². The second-order valence-electron chi connectivity index (χ2n) is 4.68. The Kier molecular flexibility index (Phi) is 5.14. The standard InChI is InChI=1S/C16H15FN4.ClH/c17-14-6-8-15(9-7-14)21(18)16(20-11-10-19-12-20)13-4-2-1-3-5-13;/h1-12,16H,18H2;1H. The molecule has 4 nitrogen and oxygen atoms in total. The molecule has 0 fully saturated rings. The Bertz CT molecular complexity index is 686. The molecule has 6 heteroatoms. The molecule has 0 bridgehead atoms. The van der Waals surface area contributed by atoms with E-state index in [1.807, 2.05) is 41.1 Å². The number of imidazole rings is 1. The number of hydrazine groups is 1. The van der Waals surface area contributed by atoms with Crippen molar-refractivity contribution in [2.24, 2.45) is 5.84 Å². The van der Waals surface area contributed by atoms with E-state index >= 15 is 0 Å². The fraction of sp³-hybridized carbons (Fsp3) is 0.0625. The maximum Gasteiger partial charge on any atom is 0.147 e. The van der Waals surface area contributed by atoms with Gasteiger partial charge in [0.05, 0.1) is 12.0 Å². The molecule has 3 aromatic rings. The average molecular weight is 319 g/mol. The van der Waals surface area contributed by atoms with E-state index in [9.17, 15) is 4.39 Å². The predicted molar refractivity (Wildman–Crippen MR) is 87.1 cm³/mol. The molecule has 2 N–H and O–H groups in total. The molecule has 1 aromatic heterocycles. The van der Waals surface area contributed by atoms with E-state index in [4.69, 9.17) is 5.84 Å². The Morgan fingerprint density at radius 2 is 1.73 bits per heavy atom. The second-order valence-corrected chi connectivity index (χ2v) is 4.68. The first kappa shape index (κ1) is 16.0. The number of hydrogen-bond donors (Lipinski definition) is 1. The monoisotopic (exact) mass is 318 g/mol. The normalized spacial score (nSPS) is 11.5. The fourth-order valence-corrected chi connectivity index (χ4v) is 2.27. The minimum absolute atomic E-state index is 0. The molecule has 3 rings (SSSR count). The van der Waals surface area contributed by atoms with E-state index in [2.05, 4.69) is 4.98 Å². The summed E-state index contributed by atoms with van der Waals surface area (Å²) in [6, 6.07) is 15.9. The lowest BCUT2D eigenvalue weighted by atomic mass is 10.1. The van der Waals surface area contributed by atoms with Gasteiger partial charge in [-0.2, -0.15) is 0 Å². The summed E-state index contributed by atoms with van der Waals surface area (Å²) in [7, 11) is 0. The minimum atomic E-state index is -0.286. The Morgan fingerprint density at radius 3 is 2.32 bits per heavy atom. The number of rotatable bonds is 4. The van der Waals surface area contributed by atoms with Crippen molar-refractivity contribution in [2.45, 2.75) is 6.17 Å². The Labute approximate surface area is 134 Å². The zero-order valence-electron chi connectivity index (χ0n) is 11.7. The van der Waals surface area contributed by atoms with Crippen molar-refractivity contribution in [1.82, 2.24) is 9.55 Å². The molecule has 0 aliphatic carbocycles. The van der Waals surface area contributed by atoms with Crippen LogP contribution >= 0.6 is 12.4 Å². The first-order valence-corrected chi connectivity index (χ1v) is 6.57. The first-order valence-electron chi connectivity index (χ1n) is 6.57. The highest BCUT2D eigenvalue weighted by molar-refractivity contribution is 5.85. The molecule has 0 aliphatic rings. The highest BCUT2D eigenvalue weighted by Gasteiger charge is 2.19. The molecule has 1 unspecified atom stereocenters. The molecular weight excluding hydrogens is 303 g/mol. The molecule has 0 amide bonds. The van der Waals surface area contributed by atoms with Crippen molar-refractivity contribution in [3.05, 3.63) is 84.7 Å². The summed E-state index contributed by atoms with van der Waals surface area (Å²) in [5.41, 5.74) is 1.74. The Hall–Kier alpha value is -2.37. The van der Waals surface area contributed by atoms with Crippen molar-refractivity contribution in [3.63, 3.8) is 0 Å². The summed E-state index contributed by atoms with van der Waals surface area (Å²) >= 11 is 0. The lowest BCUT2D eigenvalue weighted by Gasteiger charge is -2.30. The fourth-order valence-electron chi connectivity index (χ4n) is 2.27. The van der Waals surface area contributed by atoms with Gasteiger partial charge in [0, 0.05) is 12.4 Å². The molecule has 114 valence electrons. The van der Waals surface area contributed by atoms with E-state index in [0.29, 0.717) is 0 Å². The van der Waals surface area contributed by atoms with E-state index in [1.54, 1.807) is 29.7 Å². The molecular formula is C16H16ClFN4. The zero-order chi connectivity index (χ0) is 14.7. The van der Waals surface area contributed by atoms with E-state index in [1.165, 1.54) is 12.1 Å². The van der Waals surface area contributed by atoms with Gasteiger partial charge in [0.15, 0.2) is 0 Å². The third kappa shape index (κ3) is 3.27. The van der Waals surface area contributed by atoms with Crippen LogP contribution < -0.4 is 10.9 Å². The third-order valence-electron chi connectivity index (χ3n) is 3.29. The molecule has 1 atom stereocenters. The van der Waals surface area contributed by atoms with Gasteiger partial charge < -0.3 is 4.57 Å². The van der Waals surface area contributed by atoms with Gasteiger partial charge in [0.2, 0.25) is 0 Å². The number of nitrogens with zero attached hydrogens (tertiary/aromatic N) is 3. The van der Waals surface area contributed by atoms with Crippen molar-refractivity contribution in [2.75, 3.05) is 5.01 Å². The van der Waals surface area contributed by atoms with E-state index in [-0.39, 0.29) is 24.4 Å². The lowest BCUT2D eigenvalue weighted by Crippen LogP contribution is -2.38. The van der Waals surface area contributed by atoms with Crippen LogP contribution in [0.15, 0.2) is 73.3 Å². The predicted octanol–water partition coefficient (Wildman–Crippen LogP) is 3.37. The zero-order valence-corrected chi connectivity index (χ0v) is 12.5. The van der Waals surface area contributed by atoms with E-state index < -0.39 is 0 Å². The number of benzene rings is 2. The van der Waals surface area contributed by atoms with Gasteiger partial charge in [-0.3, -0.25) is 5.01 Å². The van der Waals surface area contributed by atoms with Gasteiger partial charge in [-0.1, -0.05) is 30.3 Å². The molecule has 0 radical (unpaired) electrons. The number of nitrogens with two attached hydrogens (primary N) is 1. The summed E-state index contributed by atoms with van der Waals surface area (Å²) in [6.45, 7) is 0. The van der Waals surface area contributed by atoms with Crippen molar-refractivity contribution in [1.29, 1.82) is 0 Å². The number of halogens is 2. The maximum absolute atomic E-state index is 13.1. The quantitative estimate of drug-likeness (QED) is 0.592. The molecule has 0 aliphatic heterocycles. The largest absolute Gasteiger partial charge is 0.311 e. The summed E-state index contributed by atoms with van der Waals surface area (Å²) < 4.78 is 15.0. The highest BCUT2D eigenvalue weighted by Crippen LogP contribution is 2.25. The topological polar surface area (TPSA) is 47.1 Å². The van der Waals surface area contributed by atoms with Gasteiger partial charge in [-0.25, -0.2) is 15.2 Å². The smallest absolute Gasteiger partial charge is 0.147 e. The van der Waals surface area contributed by atoms with Gasteiger partial charge >= 0.3 is 0 Å². The van der Waals surface area contributed by atoms with Crippen LogP contribution in [0.4, 0.5) is 10.1 Å². The van der Waals surface area contributed by atoms with Crippen molar-refractivity contribution < 1.29 is 4.39 Å². The summed E-state index contributed by atoms with van der Waals surface area (Å²) in [6.07, 6.45) is 5.01. The van der Waals surface area contributed by atoms with Gasteiger partial charge in [0.1, 0.15) is 12.0 Å². The maximum atomic E-state index is 13.1. The molecule has 0 saturated heterocycles. The number of anilines is 1. The summed E-state index contributed by atoms with van der Waals surface area (Å²) in [4.78, 5) is 4.08. The second kappa shape index (κ2) is 7.06. The van der Waals surface area contributed by atoms with Gasteiger partial charge in [-0.15, -0.1) is 12.4 Å². The van der Waals surface area contributed by atoms with Crippen LogP contribution in [0.2, 0.25) is 0 Å². The highest BCUT2D eigenvalue weighted by atomic mass is 35.5. The van der Waals surface area contributed by atoms with Crippen LogP contribution in [0.1, 0.15) is 11.7 Å². The van der Waals surface area contributed by atoms with Crippen LogP contribution in [-0.4, -0.2) is 9.55 Å². The average Bonchev–Trinajstić information content (AvgIpc) is 3.03. The van der Waals surface area contributed by atoms with Gasteiger partial charge in [0.25, 0.3) is 0 Å². The summed E-state index contributed by atoms with van der Waals surface area (Å²) in [5.74, 6) is 5.99. The molecule has 2 aromatic carbocycles. The minimum Gasteiger partial charge on any atom is -0.311 e. The molecule has 0 spiro atoms. The molecule has 1 heterocycles.